The van der Waals surface area contributed by atoms with Gasteiger partial charge >= 0.3 is 5.97 Å². The maximum atomic E-state index is 11.5. The maximum absolute atomic E-state index is 11.5. The standard InChI is InChI=1S/C17H17BrO4S/c1-20-13-6-7-15(21-2)16(9-13)23-10-12-5-4-11(8-14(12)18)17(19)22-3/h4-9H,10H2,1-3H3. The lowest BCUT2D eigenvalue weighted by molar-refractivity contribution is 0.0600. The molecule has 0 bridgehead atoms. The van der Waals surface area contributed by atoms with Crippen LogP contribution in [0.25, 0.3) is 0 Å². The molecule has 0 aliphatic carbocycles. The molecule has 0 spiro atoms. The van der Waals surface area contributed by atoms with Crippen LogP contribution in [0.5, 0.6) is 11.5 Å². The minimum Gasteiger partial charge on any atom is -0.497 e. The van der Waals surface area contributed by atoms with Crippen LogP contribution in [-0.4, -0.2) is 27.3 Å². The number of rotatable bonds is 6. The Kier molecular flexibility index (Phi) is 6.36. The molecule has 2 rings (SSSR count). The molecule has 0 aromatic heterocycles. The van der Waals surface area contributed by atoms with Crippen LogP contribution < -0.4 is 9.47 Å². The Morgan fingerprint density at radius 1 is 1.09 bits per heavy atom. The number of carbonyl (C=O) groups excluding carboxylic acids is 1. The summed E-state index contributed by atoms with van der Waals surface area (Å²) in [5.41, 5.74) is 1.60. The molecule has 4 nitrogen and oxygen atoms in total. The molecule has 2 aromatic rings. The van der Waals surface area contributed by atoms with E-state index in [9.17, 15) is 4.79 Å². The van der Waals surface area contributed by atoms with E-state index in [2.05, 4.69) is 15.9 Å². The molecule has 0 unspecified atom stereocenters. The third kappa shape index (κ3) is 4.42. The van der Waals surface area contributed by atoms with Crippen molar-refractivity contribution >= 4 is 33.7 Å². The lowest BCUT2D eigenvalue weighted by Gasteiger charge is -2.11. The molecular formula is C17H17BrO4S. The summed E-state index contributed by atoms with van der Waals surface area (Å²) in [5.74, 6) is 1.97. The summed E-state index contributed by atoms with van der Waals surface area (Å²) < 4.78 is 16.2. The van der Waals surface area contributed by atoms with Gasteiger partial charge in [-0.2, -0.15) is 0 Å². The van der Waals surface area contributed by atoms with Gasteiger partial charge in [0.25, 0.3) is 0 Å². The first-order valence-electron chi connectivity index (χ1n) is 6.80. The zero-order valence-electron chi connectivity index (χ0n) is 13.1. The summed E-state index contributed by atoms with van der Waals surface area (Å²) in [4.78, 5) is 12.5. The zero-order chi connectivity index (χ0) is 16.8. The van der Waals surface area contributed by atoms with Crippen molar-refractivity contribution in [2.75, 3.05) is 21.3 Å². The quantitative estimate of drug-likeness (QED) is 0.529. The number of esters is 1. The third-order valence-electron chi connectivity index (χ3n) is 3.23. The van der Waals surface area contributed by atoms with Crippen LogP contribution in [0.2, 0.25) is 0 Å². The fourth-order valence-electron chi connectivity index (χ4n) is 1.96. The normalized spacial score (nSPS) is 10.3. The van der Waals surface area contributed by atoms with Gasteiger partial charge in [-0.25, -0.2) is 4.79 Å². The zero-order valence-corrected chi connectivity index (χ0v) is 15.5. The van der Waals surface area contributed by atoms with Crippen LogP contribution >= 0.6 is 27.7 Å². The summed E-state index contributed by atoms with van der Waals surface area (Å²) in [6.45, 7) is 0. The molecule has 0 amide bonds. The van der Waals surface area contributed by atoms with Crippen LogP contribution in [0.4, 0.5) is 0 Å². The molecule has 0 saturated heterocycles. The van der Waals surface area contributed by atoms with Crippen molar-refractivity contribution in [1.29, 1.82) is 0 Å². The van der Waals surface area contributed by atoms with Crippen molar-refractivity contribution in [2.24, 2.45) is 0 Å². The summed E-state index contributed by atoms with van der Waals surface area (Å²) in [6.07, 6.45) is 0. The second-order valence-corrected chi connectivity index (χ2v) is 6.47. The number of thioether (sulfide) groups is 1. The van der Waals surface area contributed by atoms with Crippen LogP contribution in [-0.2, 0) is 10.5 Å². The third-order valence-corrected chi connectivity index (χ3v) is 5.05. The number of hydrogen-bond donors (Lipinski definition) is 0. The summed E-state index contributed by atoms with van der Waals surface area (Å²) in [5, 5.41) is 0. The minimum atomic E-state index is -0.348. The van der Waals surface area contributed by atoms with E-state index < -0.39 is 0 Å². The minimum absolute atomic E-state index is 0.348. The Morgan fingerprint density at radius 2 is 1.87 bits per heavy atom. The number of methoxy groups -OCH3 is 3. The smallest absolute Gasteiger partial charge is 0.337 e. The van der Waals surface area contributed by atoms with Crippen LogP contribution in [0.15, 0.2) is 45.8 Å². The van der Waals surface area contributed by atoms with Gasteiger partial charge in [0, 0.05) is 10.2 Å². The van der Waals surface area contributed by atoms with E-state index in [0.29, 0.717) is 5.56 Å². The van der Waals surface area contributed by atoms with Gasteiger partial charge in [0.05, 0.1) is 31.8 Å². The number of ether oxygens (including phenoxy) is 3. The Hall–Kier alpha value is -1.66. The van der Waals surface area contributed by atoms with Crippen molar-refractivity contribution in [1.82, 2.24) is 0 Å². The van der Waals surface area contributed by atoms with Crippen LogP contribution in [0, 0.1) is 0 Å². The predicted octanol–water partition coefficient (Wildman–Crippen LogP) is 4.55. The molecule has 0 fully saturated rings. The molecule has 0 atom stereocenters. The highest BCUT2D eigenvalue weighted by molar-refractivity contribution is 9.10. The van der Waals surface area contributed by atoms with Gasteiger partial charge in [-0.15, -0.1) is 11.8 Å². The number of carbonyl (C=O) groups is 1. The lowest BCUT2D eigenvalue weighted by Crippen LogP contribution is -2.01. The number of hydrogen-bond acceptors (Lipinski definition) is 5. The SMILES string of the molecule is COC(=O)c1ccc(CSc2cc(OC)ccc2OC)c(Br)c1. The van der Waals surface area contributed by atoms with Crippen molar-refractivity contribution in [2.45, 2.75) is 10.6 Å². The number of halogens is 1. The van der Waals surface area contributed by atoms with Crippen molar-refractivity contribution in [3.05, 3.63) is 52.0 Å². The van der Waals surface area contributed by atoms with Crippen molar-refractivity contribution in [3.8, 4) is 11.5 Å². The molecular weight excluding hydrogens is 380 g/mol. The Balaban J connectivity index is 2.16. The average Bonchev–Trinajstić information content (AvgIpc) is 2.59. The molecule has 23 heavy (non-hydrogen) atoms. The lowest BCUT2D eigenvalue weighted by atomic mass is 10.1. The molecule has 0 radical (unpaired) electrons. The fraction of sp³-hybridized carbons (Fsp3) is 0.235. The van der Waals surface area contributed by atoms with Crippen LogP contribution in [0.3, 0.4) is 0 Å². The van der Waals surface area contributed by atoms with E-state index in [4.69, 9.17) is 14.2 Å². The highest BCUT2D eigenvalue weighted by Gasteiger charge is 2.11. The summed E-state index contributed by atoms with van der Waals surface area (Å²) >= 11 is 5.14. The first-order chi connectivity index (χ1) is 11.1. The largest absolute Gasteiger partial charge is 0.497 e. The molecule has 0 saturated carbocycles. The summed E-state index contributed by atoms with van der Waals surface area (Å²) in [7, 11) is 4.65. The second kappa shape index (κ2) is 8.26. The van der Waals surface area contributed by atoms with Gasteiger partial charge in [-0.3, -0.25) is 0 Å². The highest BCUT2D eigenvalue weighted by atomic mass is 79.9. The monoisotopic (exact) mass is 396 g/mol. The first-order valence-corrected chi connectivity index (χ1v) is 8.58. The van der Waals surface area contributed by atoms with Gasteiger partial charge in [0.1, 0.15) is 11.5 Å². The van der Waals surface area contributed by atoms with Crippen LogP contribution in [0.1, 0.15) is 15.9 Å². The number of benzene rings is 2. The maximum Gasteiger partial charge on any atom is 0.337 e. The molecule has 0 aliphatic heterocycles. The van der Waals surface area contributed by atoms with Gasteiger partial charge in [0.2, 0.25) is 0 Å². The fourth-order valence-corrected chi connectivity index (χ4v) is 3.72. The van der Waals surface area contributed by atoms with E-state index >= 15 is 0 Å². The topological polar surface area (TPSA) is 44.8 Å². The highest BCUT2D eigenvalue weighted by Crippen LogP contribution is 2.36. The molecule has 0 heterocycles. The summed E-state index contributed by atoms with van der Waals surface area (Å²) in [6, 6.07) is 11.1. The molecule has 122 valence electrons. The van der Waals surface area contributed by atoms with Gasteiger partial charge in [0.15, 0.2) is 0 Å². The van der Waals surface area contributed by atoms with E-state index in [-0.39, 0.29) is 5.97 Å². The van der Waals surface area contributed by atoms with Gasteiger partial charge < -0.3 is 14.2 Å². The Labute approximate surface area is 148 Å². The molecule has 0 aliphatic rings. The van der Waals surface area contributed by atoms with Crippen molar-refractivity contribution < 1.29 is 19.0 Å². The van der Waals surface area contributed by atoms with E-state index in [1.807, 2.05) is 24.3 Å². The van der Waals surface area contributed by atoms with E-state index in [0.717, 1.165) is 32.2 Å². The second-order valence-electron chi connectivity index (χ2n) is 4.60. The van der Waals surface area contributed by atoms with Crippen molar-refractivity contribution in [3.63, 3.8) is 0 Å². The predicted molar refractivity (Wildman–Crippen MR) is 94.6 cm³/mol. The van der Waals surface area contributed by atoms with Gasteiger partial charge in [-0.05, 0) is 35.9 Å². The van der Waals surface area contributed by atoms with Gasteiger partial charge in [-0.1, -0.05) is 22.0 Å². The first kappa shape index (κ1) is 17.7. The Bertz CT molecular complexity index is 703. The molecule has 2 aromatic carbocycles. The molecule has 0 N–H and O–H groups in total. The Morgan fingerprint density at radius 3 is 2.48 bits per heavy atom. The van der Waals surface area contributed by atoms with E-state index in [1.165, 1.54) is 7.11 Å². The van der Waals surface area contributed by atoms with E-state index in [1.54, 1.807) is 38.1 Å². The molecule has 6 heteroatoms. The average molecular weight is 397 g/mol.